The molecule has 4 fully saturated rings. The molecule has 1 aliphatic heterocycles. The standard InChI is InChI=1S/C40H58N6O7/c1-5-14-28(32(47)36(50)41-27-21-22-27)43-34(48)30-23-25-17-12-13-20-29(25)46(30)39(53)33(40(2,3)4)45-35(49)31(24-15-8-6-9-16-24)44-38(52)37(51)42-26-18-10-7-11-19-26/h7,10-11,18-19,24-25,27-31,33H,5-6,8-9,12-17,20-23H2,1-4H3,(H,41,50)(H,42,51)(H,43,48)(H,44,52)(H,45,49)/t25-,28-,29-,30-,31?,33+/m0/s1. The molecule has 6 amide bonds. The average Bonchev–Trinajstić information content (AvgIpc) is 3.87. The van der Waals surface area contributed by atoms with E-state index in [-0.39, 0.29) is 30.3 Å². The highest BCUT2D eigenvalue weighted by molar-refractivity contribution is 6.40. The molecular weight excluding hydrogens is 676 g/mol. The van der Waals surface area contributed by atoms with Gasteiger partial charge in [0.05, 0.1) is 6.04 Å². The van der Waals surface area contributed by atoms with E-state index in [0.29, 0.717) is 37.8 Å². The molecule has 13 heteroatoms. The Morgan fingerprint density at radius 2 is 1.43 bits per heavy atom. The van der Waals surface area contributed by atoms with Gasteiger partial charge >= 0.3 is 11.8 Å². The lowest BCUT2D eigenvalue weighted by Gasteiger charge is -2.40. The van der Waals surface area contributed by atoms with Gasteiger partial charge in [0, 0.05) is 17.8 Å². The zero-order valence-corrected chi connectivity index (χ0v) is 31.7. The number of nitrogens with one attached hydrogen (secondary N) is 5. The van der Waals surface area contributed by atoms with E-state index in [9.17, 15) is 33.6 Å². The minimum Gasteiger partial charge on any atom is -0.347 e. The second kappa shape index (κ2) is 17.7. The number of ketones is 1. The van der Waals surface area contributed by atoms with Crippen molar-refractivity contribution >= 4 is 46.9 Å². The number of carbonyl (C=O) groups excluding carboxylic acids is 7. The molecule has 1 saturated heterocycles. The summed E-state index contributed by atoms with van der Waals surface area (Å²) in [5.41, 5.74) is -0.352. The van der Waals surface area contributed by atoms with Crippen molar-refractivity contribution in [3.05, 3.63) is 30.3 Å². The van der Waals surface area contributed by atoms with Crippen LogP contribution in [0.25, 0.3) is 0 Å². The van der Waals surface area contributed by atoms with E-state index in [2.05, 4.69) is 26.6 Å². The largest absolute Gasteiger partial charge is 0.347 e. The van der Waals surface area contributed by atoms with Crippen LogP contribution < -0.4 is 26.6 Å². The minimum absolute atomic E-state index is 0.00230. The van der Waals surface area contributed by atoms with Crippen molar-refractivity contribution in [3.63, 3.8) is 0 Å². The van der Waals surface area contributed by atoms with Crippen LogP contribution in [0.3, 0.4) is 0 Å². The van der Waals surface area contributed by atoms with Crippen molar-refractivity contribution in [3.8, 4) is 0 Å². The van der Waals surface area contributed by atoms with Gasteiger partial charge in [-0.25, -0.2) is 0 Å². The summed E-state index contributed by atoms with van der Waals surface area (Å²) >= 11 is 0. The molecule has 5 N–H and O–H groups in total. The molecule has 13 nitrogen and oxygen atoms in total. The van der Waals surface area contributed by atoms with Crippen LogP contribution in [-0.4, -0.2) is 82.4 Å². The Bertz CT molecular complexity index is 1520. The van der Waals surface area contributed by atoms with E-state index in [1.807, 2.05) is 27.7 Å². The van der Waals surface area contributed by atoms with Gasteiger partial charge in [-0.3, -0.25) is 33.6 Å². The summed E-state index contributed by atoms with van der Waals surface area (Å²) in [6.45, 7) is 7.40. The molecule has 4 aliphatic rings. The van der Waals surface area contributed by atoms with Gasteiger partial charge in [-0.1, -0.05) is 84.4 Å². The SMILES string of the molecule is CCC[C@H](NC(=O)[C@@H]1C[C@@H]2CCCC[C@@H]2N1C(=O)[C@@H](NC(=O)C(NC(=O)C(=O)Nc1ccccc1)C1CCCCC1)C(C)(C)C)C(=O)C(=O)NC1CC1. The molecule has 0 spiro atoms. The highest BCUT2D eigenvalue weighted by atomic mass is 16.2. The fourth-order valence-electron chi connectivity index (χ4n) is 8.29. The summed E-state index contributed by atoms with van der Waals surface area (Å²) < 4.78 is 0. The van der Waals surface area contributed by atoms with E-state index in [4.69, 9.17) is 0 Å². The molecule has 5 rings (SSSR count). The van der Waals surface area contributed by atoms with Gasteiger partial charge in [-0.05, 0) is 80.8 Å². The maximum Gasteiger partial charge on any atom is 0.313 e. The first kappa shape index (κ1) is 39.9. The third kappa shape index (κ3) is 10.2. The summed E-state index contributed by atoms with van der Waals surface area (Å²) in [5.74, 6) is -4.81. The van der Waals surface area contributed by atoms with Gasteiger partial charge in [-0.15, -0.1) is 0 Å². The molecule has 3 saturated carbocycles. The summed E-state index contributed by atoms with van der Waals surface area (Å²) in [5, 5.41) is 13.8. The molecule has 290 valence electrons. The Labute approximate surface area is 312 Å². The topological polar surface area (TPSA) is 183 Å². The van der Waals surface area contributed by atoms with E-state index < -0.39 is 70.8 Å². The second-order valence-electron chi connectivity index (χ2n) is 16.5. The number of fused-ring (bicyclic) bond motifs is 1. The Kier molecular flexibility index (Phi) is 13.3. The summed E-state index contributed by atoms with van der Waals surface area (Å²) in [6.07, 6.45) is 10.5. The Morgan fingerprint density at radius 1 is 0.774 bits per heavy atom. The van der Waals surface area contributed by atoms with Crippen LogP contribution in [-0.2, 0) is 33.6 Å². The van der Waals surface area contributed by atoms with Crippen LogP contribution in [0.4, 0.5) is 5.69 Å². The number of hydrogen-bond acceptors (Lipinski definition) is 7. The third-order valence-corrected chi connectivity index (χ3v) is 11.3. The lowest BCUT2D eigenvalue weighted by Crippen LogP contribution is -2.63. The number of nitrogens with zero attached hydrogens (tertiary/aromatic N) is 1. The first-order chi connectivity index (χ1) is 25.3. The van der Waals surface area contributed by atoms with Crippen molar-refractivity contribution in [2.45, 2.75) is 154 Å². The lowest BCUT2D eigenvalue weighted by molar-refractivity contribution is -0.148. The van der Waals surface area contributed by atoms with E-state index >= 15 is 0 Å². The summed E-state index contributed by atoms with van der Waals surface area (Å²) in [6, 6.07) is 4.34. The number of para-hydroxylation sites is 1. The highest BCUT2D eigenvalue weighted by Gasteiger charge is 2.51. The zero-order chi connectivity index (χ0) is 38.3. The number of hydrogen-bond donors (Lipinski definition) is 5. The quantitative estimate of drug-likeness (QED) is 0.192. The predicted octanol–water partition coefficient (Wildman–Crippen LogP) is 3.51. The first-order valence-corrected chi connectivity index (χ1v) is 19.7. The van der Waals surface area contributed by atoms with Crippen molar-refractivity contribution in [2.24, 2.45) is 17.3 Å². The number of anilines is 1. The second-order valence-corrected chi connectivity index (χ2v) is 16.5. The molecule has 1 aromatic carbocycles. The van der Waals surface area contributed by atoms with Gasteiger partial charge in [-0.2, -0.15) is 0 Å². The number of amides is 6. The first-order valence-electron chi connectivity index (χ1n) is 19.7. The van der Waals surface area contributed by atoms with Crippen molar-refractivity contribution < 1.29 is 33.6 Å². The normalized spacial score (nSPS) is 23.4. The molecule has 53 heavy (non-hydrogen) atoms. The molecular formula is C40H58N6O7. The van der Waals surface area contributed by atoms with Crippen LogP contribution in [0.1, 0.15) is 118 Å². The zero-order valence-electron chi connectivity index (χ0n) is 31.7. The summed E-state index contributed by atoms with van der Waals surface area (Å²) in [7, 11) is 0. The molecule has 0 bridgehead atoms. The van der Waals surface area contributed by atoms with Gasteiger partial charge in [0.2, 0.25) is 23.5 Å². The maximum absolute atomic E-state index is 14.9. The van der Waals surface area contributed by atoms with Gasteiger partial charge < -0.3 is 31.5 Å². The number of rotatable bonds is 13. The van der Waals surface area contributed by atoms with Gasteiger partial charge in [0.25, 0.3) is 5.91 Å². The smallest absolute Gasteiger partial charge is 0.313 e. The average molecular weight is 735 g/mol. The fourth-order valence-corrected chi connectivity index (χ4v) is 8.29. The Hall–Kier alpha value is -4.29. The van der Waals surface area contributed by atoms with E-state index in [0.717, 1.165) is 51.4 Å². The monoisotopic (exact) mass is 734 g/mol. The Balaban J connectivity index is 1.36. The third-order valence-electron chi connectivity index (χ3n) is 11.3. The van der Waals surface area contributed by atoms with Crippen LogP contribution in [0.15, 0.2) is 30.3 Å². The molecule has 0 radical (unpaired) electrons. The van der Waals surface area contributed by atoms with Crippen LogP contribution in [0, 0.1) is 17.3 Å². The summed E-state index contributed by atoms with van der Waals surface area (Å²) in [4.78, 5) is 96.9. The maximum atomic E-state index is 14.9. The minimum atomic E-state index is -1.07. The van der Waals surface area contributed by atoms with Crippen LogP contribution in [0.2, 0.25) is 0 Å². The van der Waals surface area contributed by atoms with Gasteiger partial charge in [0.15, 0.2) is 0 Å². The highest BCUT2D eigenvalue weighted by Crippen LogP contribution is 2.41. The predicted molar refractivity (Wildman–Crippen MR) is 199 cm³/mol. The van der Waals surface area contributed by atoms with Gasteiger partial charge in [0.1, 0.15) is 18.1 Å². The number of carbonyl (C=O) groups is 7. The fraction of sp³-hybridized carbons (Fsp3) is 0.675. The number of likely N-dealkylation sites (tertiary alicyclic amines) is 1. The molecule has 1 unspecified atom stereocenters. The van der Waals surface area contributed by atoms with E-state index in [1.54, 1.807) is 35.2 Å². The molecule has 1 aromatic rings. The van der Waals surface area contributed by atoms with Crippen molar-refractivity contribution in [1.82, 2.24) is 26.2 Å². The Morgan fingerprint density at radius 3 is 2.08 bits per heavy atom. The number of benzene rings is 1. The molecule has 0 aromatic heterocycles. The lowest BCUT2D eigenvalue weighted by atomic mass is 9.81. The molecule has 6 atom stereocenters. The molecule has 3 aliphatic carbocycles. The van der Waals surface area contributed by atoms with Crippen LogP contribution >= 0.6 is 0 Å². The molecule has 1 heterocycles. The van der Waals surface area contributed by atoms with Crippen molar-refractivity contribution in [1.29, 1.82) is 0 Å². The van der Waals surface area contributed by atoms with Crippen molar-refractivity contribution in [2.75, 3.05) is 5.32 Å². The van der Waals surface area contributed by atoms with E-state index in [1.165, 1.54) is 0 Å². The van der Waals surface area contributed by atoms with Crippen LogP contribution in [0.5, 0.6) is 0 Å². The number of Topliss-reactive ketones (excluding diaryl/α,β-unsaturated/α-hetero) is 1.